The molecule has 0 saturated heterocycles. The highest BCUT2D eigenvalue weighted by Gasteiger charge is 2.25. The van der Waals surface area contributed by atoms with E-state index in [1.807, 2.05) is 24.3 Å². The van der Waals surface area contributed by atoms with E-state index in [1.54, 1.807) is 24.1 Å². The van der Waals surface area contributed by atoms with Crippen LogP contribution in [0.5, 0.6) is 0 Å². The Kier molecular flexibility index (Phi) is 5.22. The minimum absolute atomic E-state index is 0.0289. The van der Waals surface area contributed by atoms with Gasteiger partial charge in [-0.25, -0.2) is 0 Å². The summed E-state index contributed by atoms with van der Waals surface area (Å²) in [4.78, 5) is 27.0. The molecular formula is C17H18N2O4S. The molecule has 3 rings (SSSR count). The molecule has 0 aliphatic carbocycles. The molecule has 2 aromatic rings. The Morgan fingerprint density at radius 1 is 1.33 bits per heavy atom. The first kappa shape index (κ1) is 16.6. The number of rotatable bonds is 6. The van der Waals surface area contributed by atoms with Crippen LogP contribution in [0.15, 0.2) is 45.7 Å². The van der Waals surface area contributed by atoms with Gasteiger partial charge in [-0.1, -0.05) is 12.1 Å². The zero-order chi connectivity index (χ0) is 16.9. The first-order valence-corrected chi connectivity index (χ1v) is 8.55. The maximum Gasteiger partial charge on any atom is 0.287 e. The lowest BCUT2D eigenvalue weighted by Crippen LogP contribution is -2.34. The monoisotopic (exact) mass is 346 g/mol. The Bertz CT molecular complexity index is 744. The smallest absolute Gasteiger partial charge is 0.287 e. The summed E-state index contributed by atoms with van der Waals surface area (Å²) in [5.74, 6) is 0.942. The van der Waals surface area contributed by atoms with Gasteiger partial charge in [-0.2, -0.15) is 0 Å². The van der Waals surface area contributed by atoms with Crippen molar-refractivity contribution in [3.8, 4) is 0 Å². The molecule has 24 heavy (non-hydrogen) atoms. The summed E-state index contributed by atoms with van der Waals surface area (Å²) in [6.07, 6.45) is 0. The van der Waals surface area contributed by atoms with E-state index >= 15 is 0 Å². The lowest BCUT2D eigenvalue weighted by atomic mass is 10.2. The van der Waals surface area contributed by atoms with Gasteiger partial charge in [-0.3, -0.25) is 9.59 Å². The van der Waals surface area contributed by atoms with E-state index in [-0.39, 0.29) is 17.6 Å². The van der Waals surface area contributed by atoms with E-state index < -0.39 is 0 Å². The second-order valence-electron chi connectivity index (χ2n) is 5.25. The Hall–Kier alpha value is -2.25. The lowest BCUT2D eigenvalue weighted by Gasteiger charge is -2.28. The summed E-state index contributed by atoms with van der Waals surface area (Å²) in [5.41, 5.74) is 0.876. The lowest BCUT2D eigenvalue weighted by molar-refractivity contribution is -0.116. The van der Waals surface area contributed by atoms with Crippen molar-refractivity contribution in [1.29, 1.82) is 0 Å². The molecule has 0 unspecified atom stereocenters. The second-order valence-corrected chi connectivity index (χ2v) is 6.27. The van der Waals surface area contributed by atoms with Gasteiger partial charge in [0, 0.05) is 18.6 Å². The summed E-state index contributed by atoms with van der Waals surface area (Å²) >= 11 is 1.53. The van der Waals surface area contributed by atoms with E-state index in [0.29, 0.717) is 31.2 Å². The van der Waals surface area contributed by atoms with Crippen molar-refractivity contribution < 1.29 is 18.7 Å². The normalized spacial score (nSPS) is 13.7. The van der Waals surface area contributed by atoms with E-state index in [4.69, 9.17) is 9.15 Å². The highest BCUT2D eigenvalue weighted by atomic mass is 32.2. The fourth-order valence-electron chi connectivity index (χ4n) is 2.42. The number of nitrogens with zero attached hydrogens (tertiary/aromatic N) is 1. The van der Waals surface area contributed by atoms with Gasteiger partial charge in [0.25, 0.3) is 5.91 Å². The number of nitrogens with one attached hydrogen (secondary N) is 1. The molecule has 6 nitrogen and oxygen atoms in total. The third-order valence-electron chi connectivity index (χ3n) is 3.60. The third kappa shape index (κ3) is 3.63. The average Bonchev–Trinajstić information content (AvgIpc) is 3.06. The first-order chi connectivity index (χ1) is 11.7. The van der Waals surface area contributed by atoms with Gasteiger partial charge in [0.1, 0.15) is 5.76 Å². The summed E-state index contributed by atoms with van der Waals surface area (Å²) in [5, 5.41) is 2.70. The zero-order valence-electron chi connectivity index (χ0n) is 13.3. The largest absolute Gasteiger partial charge is 0.454 e. The van der Waals surface area contributed by atoms with Gasteiger partial charge in [0.2, 0.25) is 5.91 Å². The molecule has 0 radical (unpaired) electrons. The van der Waals surface area contributed by atoms with Crippen LogP contribution in [0.3, 0.4) is 0 Å². The van der Waals surface area contributed by atoms with Crippen LogP contribution in [-0.4, -0.2) is 37.8 Å². The number of carbonyl (C=O) groups excluding carboxylic acids is 2. The number of para-hydroxylation sites is 1. The number of methoxy groups -OCH3 is 1. The number of amides is 2. The van der Waals surface area contributed by atoms with Crippen LogP contribution in [0, 0.1) is 0 Å². The topological polar surface area (TPSA) is 71.8 Å². The van der Waals surface area contributed by atoms with E-state index in [9.17, 15) is 9.59 Å². The van der Waals surface area contributed by atoms with Crippen LogP contribution in [0.4, 0.5) is 5.69 Å². The Balaban J connectivity index is 1.71. The first-order valence-electron chi connectivity index (χ1n) is 7.57. The van der Waals surface area contributed by atoms with E-state index in [0.717, 1.165) is 10.6 Å². The highest BCUT2D eigenvalue weighted by Crippen LogP contribution is 2.35. The van der Waals surface area contributed by atoms with Crippen LogP contribution in [0.2, 0.25) is 0 Å². The molecule has 1 aliphatic rings. The van der Waals surface area contributed by atoms with Crippen molar-refractivity contribution in [3.05, 3.63) is 47.9 Å². The van der Waals surface area contributed by atoms with Crippen molar-refractivity contribution >= 4 is 29.3 Å². The number of hydrogen-bond donors (Lipinski definition) is 1. The van der Waals surface area contributed by atoms with Crippen molar-refractivity contribution in [1.82, 2.24) is 5.32 Å². The maximum atomic E-state index is 12.2. The molecule has 0 fully saturated rings. The summed E-state index contributed by atoms with van der Waals surface area (Å²) in [6.45, 7) is 1.17. The predicted octanol–water partition coefficient (Wildman–Crippen LogP) is 2.29. The number of benzene rings is 1. The molecule has 126 valence electrons. The van der Waals surface area contributed by atoms with Crippen LogP contribution in [-0.2, 0) is 16.1 Å². The van der Waals surface area contributed by atoms with E-state index in [1.165, 1.54) is 11.8 Å². The molecule has 7 heteroatoms. The van der Waals surface area contributed by atoms with Crippen molar-refractivity contribution in [2.75, 3.05) is 30.9 Å². The molecule has 1 aromatic carbocycles. The van der Waals surface area contributed by atoms with E-state index in [2.05, 4.69) is 5.32 Å². The Labute approximate surface area is 144 Å². The zero-order valence-corrected chi connectivity index (χ0v) is 14.1. The third-order valence-corrected chi connectivity index (χ3v) is 4.65. The highest BCUT2D eigenvalue weighted by molar-refractivity contribution is 8.00. The van der Waals surface area contributed by atoms with Gasteiger partial charge in [-0.05, 0) is 24.3 Å². The number of ether oxygens (including phenoxy) is 1. The minimum Gasteiger partial charge on any atom is -0.454 e. The van der Waals surface area contributed by atoms with Crippen molar-refractivity contribution in [2.45, 2.75) is 11.4 Å². The Morgan fingerprint density at radius 2 is 2.17 bits per heavy atom. The molecule has 2 amide bonds. The molecule has 1 aromatic heterocycles. The van der Waals surface area contributed by atoms with Crippen molar-refractivity contribution in [2.24, 2.45) is 0 Å². The molecule has 2 heterocycles. The number of carbonyl (C=O) groups is 2. The number of thioether (sulfide) groups is 1. The molecular weight excluding hydrogens is 328 g/mol. The molecule has 1 aliphatic heterocycles. The van der Waals surface area contributed by atoms with Gasteiger partial charge in [-0.15, -0.1) is 11.8 Å². The van der Waals surface area contributed by atoms with Gasteiger partial charge in [0.05, 0.1) is 24.6 Å². The number of anilines is 1. The molecule has 0 bridgehead atoms. The minimum atomic E-state index is -0.292. The standard InChI is InChI=1S/C17H18N2O4S/c1-22-9-8-18-17(21)14-7-6-12(23-14)10-19-13-4-2-3-5-15(13)24-11-16(19)20/h2-7H,8-11H2,1H3,(H,18,21). The summed E-state index contributed by atoms with van der Waals surface area (Å²) in [7, 11) is 1.57. The molecule has 0 atom stereocenters. The number of hydrogen-bond acceptors (Lipinski definition) is 5. The van der Waals surface area contributed by atoms with Crippen molar-refractivity contribution in [3.63, 3.8) is 0 Å². The van der Waals surface area contributed by atoms with Crippen LogP contribution in [0.25, 0.3) is 0 Å². The number of fused-ring (bicyclic) bond motifs is 1. The fraction of sp³-hybridized carbons (Fsp3) is 0.294. The predicted molar refractivity (Wildman–Crippen MR) is 91.3 cm³/mol. The van der Waals surface area contributed by atoms with Crippen LogP contribution < -0.4 is 10.2 Å². The molecule has 0 saturated carbocycles. The molecule has 1 N–H and O–H groups in total. The molecule has 0 spiro atoms. The van der Waals surface area contributed by atoms with Gasteiger partial charge < -0.3 is 19.4 Å². The second kappa shape index (κ2) is 7.55. The summed E-state index contributed by atoms with van der Waals surface area (Å²) < 4.78 is 10.5. The number of furan rings is 1. The van der Waals surface area contributed by atoms with Gasteiger partial charge in [0.15, 0.2) is 5.76 Å². The van der Waals surface area contributed by atoms with Crippen LogP contribution >= 0.6 is 11.8 Å². The SMILES string of the molecule is COCCNC(=O)c1ccc(CN2C(=O)CSc3ccccc32)o1. The summed E-state index contributed by atoms with van der Waals surface area (Å²) in [6, 6.07) is 11.1. The fourth-order valence-corrected chi connectivity index (χ4v) is 3.36. The van der Waals surface area contributed by atoms with Gasteiger partial charge >= 0.3 is 0 Å². The maximum absolute atomic E-state index is 12.2. The quantitative estimate of drug-likeness (QED) is 0.813. The Morgan fingerprint density at radius 3 is 3.00 bits per heavy atom. The van der Waals surface area contributed by atoms with Crippen LogP contribution in [0.1, 0.15) is 16.3 Å². The average molecular weight is 346 g/mol.